The van der Waals surface area contributed by atoms with E-state index in [0.29, 0.717) is 29.4 Å². The molecule has 36 heavy (non-hydrogen) atoms. The average Bonchev–Trinajstić information content (AvgIpc) is 2.83. The van der Waals surface area contributed by atoms with Gasteiger partial charge in [-0.25, -0.2) is 4.79 Å². The number of aromatic nitrogens is 1. The topological polar surface area (TPSA) is 103 Å². The summed E-state index contributed by atoms with van der Waals surface area (Å²) in [6.07, 6.45) is -3.29. The minimum absolute atomic E-state index is 0.00499. The van der Waals surface area contributed by atoms with Crippen LogP contribution in [0.25, 0.3) is 10.9 Å². The quantitative estimate of drug-likeness (QED) is 0.527. The van der Waals surface area contributed by atoms with E-state index in [9.17, 15) is 22.8 Å². The fraction of sp³-hybridized carbons (Fsp3) is 0.250. The summed E-state index contributed by atoms with van der Waals surface area (Å²) in [7, 11) is 0. The zero-order chi connectivity index (χ0) is 26.5. The van der Waals surface area contributed by atoms with Crippen LogP contribution in [-0.2, 0) is 9.59 Å². The summed E-state index contributed by atoms with van der Waals surface area (Å²) in [5.74, 6) is -2.89. The van der Waals surface area contributed by atoms with Crippen LogP contribution in [0, 0.1) is 0 Å². The number of carboxylic acid groups (broad SMARTS) is 1. The molecule has 1 fully saturated rings. The normalized spacial score (nSPS) is 13.6. The van der Waals surface area contributed by atoms with Crippen molar-refractivity contribution < 1.29 is 32.7 Å². The zero-order valence-electron chi connectivity index (χ0n) is 19.1. The molecule has 2 heterocycles. The number of aliphatic carboxylic acids is 1. The number of rotatable bonds is 3. The van der Waals surface area contributed by atoms with Gasteiger partial charge in [0, 0.05) is 66.6 Å². The van der Waals surface area contributed by atoms with Gasteiger partial charge in [0.25, 0.3) is 5.91 Å². The Labute approximate surface area is 209 Å². The fourth-order valence-corrected chi connectivity index (χ4v) is 3.78. The van der Waals surface area contributed by atoms with E-state index in [2.05, 4.69) is 15.2 Å². The van der Waals surface area contributed by atoms with Crippen LogP contribution < -0.4 is 10.2 Å². The summed E-state index contributed by atoms with van der Waals surface area (Å²) < 4.78 is 31.7. The highest BCUT2D eigenvalue weighted by atomic mass is 35.5. The first-order valence-electron chi connectivity index (χ1n) is 10.7. The van der Waals surface area contributed by atoms with Gasteiger partial charge in [0.15, 0.2) is 0 Å². The molecular formula is C24H22ClF3N4O4. The number of pyridine rings is 1. The molecule has 2 N–H and O–H groups in total. The van der Waals surface area contributed by atoms with E-state index in [1.165, 1.54) is 6.92 Å². The van der Waals surface area contributed by atoms with Crippen molar-refractivity contribution in [2.75, 3.05) is 36.4 Å². The fourth-order valence-electron chi connectivity index (χ4n) is 3.61. The smallest absolute Gasteiger partial charge is 0.475 e. The van der Waals surface area contributed by atoms with Crippen molar-refractivity contribution in [1.29, 1.82) is 0 Å². The van der Waals surface area contributed by atoms with Crippen LogP contribution in [0.15, 0.2) is 54.7 Å². The Kier molecular flexibility index (Phi) is 8.36. The molecule has 4 rings (SSSR count). The number of amides is 2. The summed E-state index contributed by atoms with van der Waals surface area (Å²) >= 11 is 6.09. The van der Waals surface area contributed by atoms with Crippen LogP contribution in [0.1, 0.15) is 17.3 Å². The van der Waals surface area contributed by atoms with E-state index in [0.717, 1.165) is 29.7 Å². The molecule has 0 saturated carbocycles. The number of fused-ring (bicyclic) bond motifs is 1. The molecule has 0 spiro atoms. The van der Waals surface area contributed by atoms with Gasteiger partial charge in [-0.15, -0.1) is 0 Å². The number of carbonyl (C=O) groups excluding carboxylic acids is 2. The van der Waals surface area contributed by atoms with Crippen LogP contribution in [-0.4, -0.2) is 65.1 Å². The molecule has 3 aromatic rings. The molecule has 1 aromatic heterocycles. The number of carboxylic acids is 1. The predicted molar refractivity (Wildman–Crippen MR) is 129 cm³/mol. The lowest BCUT2D eigenvalue weighted by atomic mass is 10.1. The standard InChI is InChI=1S/C22H21ClN4O2.C2HF3O2/c1-15(28)25-18-5-2-16(3-6-18)22(29)27-12-10-26(11-13-27)21-8-9-24-20-14-17(23)4-7-19(20)21;3-2(4,5)1(6)7/h2-9,14H,10-13H2,1H3,(H,25,28);(H,6,7). The van der Waals surface area contributed by atoms with Gasteiger partial charge in [-0.2, -0.15) is 13.2 Å². The molecule has 12 heteroatoms. The first-order chi connectivity index (χ1) is 17.0. The molecule has 0 atom stereocenters. The second kappa shape index (κ2) is 11.3. The molecule has 1 aliphatic heterocycles. The third-order valence-electron chi connectivity index (χ3n) is 5.28. The summed E-state index contributed by atoms with van der Waals surface area (Å²) in [5, 5.41) is 11.6. The SMILES string of the molecule is CC(=O)Nc1ccc(C(=O)N2CCN(c3ccnc4cc(Cl)ccc34)CC2)cc1.O=C(O)C(F)(F)F. The van der Waals surface area contributed by atoms with Crippen molar-refractivity contribution in [3.05, 3.63) is 65.3 Å². The molecular weight excluding hydrogens is 501 g/mol. The lowest BCUT2D eigenvalue weighted by Gasteiger charge is -2.36. The minimum Gasteiger partial charge on any atom is -0.475 e. The number of nitrogens with one attached hydrogen (secondary N) is 1. The molecule has 0 unspecified atom stereocenters. The molecule has 190 valence electrons. The van der Waals surface area contributed by atoms with E-state index in [1.807, 2.05) is 29.2 Å². The molecule has 1 saturated heterocycles. The van der Waals surface area contributed by atoms with Crippen molar-refractivity contribution in [3.63, 3.8) is 0 Å². The Balaban J connectivity index is 0.000000454. The highest BCUT2D eigenvalue weighted by Crippen LogP contribution is 2.28. The number of anilines is 2. The van der Waals surface area contributed by atoms with Crippen molar-refractivity contribution in [2.24, 2.45) is 0 Å². The number of benzene rings is 2. The van der Waals surface area contributed by atoms with Crippen molar-refractivity contribution in [3.8, 4) is 0 Å². The second-order valence-electron chi connectivity index (χ2n) is 7.83. The monoisotopic (exact) mass is 522 g/mol. The van der Waals surface area contributed by atoms with E-state index in [-0.39, 0.29) is 11.8 Å². The highest BCUT2D eigenvalue weighted by Gasteiger charge is 2.38. The summed E-state index contributed by atoms with van der Waals surface area (Å²) in [6.45, 7) is 4.24. The lowest BCUT2D eigenvalue weighted by molar-refractivity contribution is -0.192. The maximum Gasteiger partial charge on any atom is 0.490 e. The van der Waals surface area contributed by atoms with E-state index >= 15 is 0 Å². The number of halogens is 4. The number of nitrogens with zero attached hydrogens (tertiary/aromatic N) is 3. The number of hydrogen-bond donors (Lipinski definition) is 2. The summed E-state index contributed by atoms with van der Waals surface area (Å²) in [4.78, 5) is 41.4. The number of alkyl halides is 3. The first-order valence-corrected chi connectivity index (χ1v) is 11.1. The molecule has 0 bridgehead atoms. The van der Waals surface area contributed by atoms with Gasteiger partial charge in [-0.05, 0) is 48.5 Å². The Bertz CT molecular complexity index is 1260. The third-order valence-corrected chi connectivity index (χ3v) is 5.52. The summed E-state index contributed by atoms with van der Waals surface area (Å²) in [6, 6.07) is 14.7. The predicted octanol–water partition coefficient (Wildman–Crippen LogP) is 4.44. The molecule has 2 amide bonds. The highest BCUT2D eigenvalue weighted by molar-refractivity contribution is 6.31. The van der Waals surface area contributed by atoms with Crippen LogP contribution in [0.2, 0.25) is 5.02 Å². The van der Waals surface area contributed by atoms with Crippen molar-refractivity contribution >= 4 is 51.7 Å². The second-order valence-corrected chi connectivity index (χ2v) is 8.27. The van der Waals surface area contributed by atoms with E-state index in [4.69, 9.17) is 21.5 Å². The Morgan fingerprint density at radius 3 is 2.17 bits per heavy atom. The number of hydrogen-bond acceptors (Lipinski definition) is 5. The molecule has 1 aliphatic rings. The molecule has 8 nitrogen and oxygen atoms in total. The van der Waals surface area contributed by atoms with Gasteiger partial charge in [0.2, 0.25) is 5.91 Å². The molecule has 2 aromatic carbocycles. The minimum atomic E-state index is -5.08. The Morgan fingerprint density at radius 2 is 1.61 bits per heavy atom. The van der Waals surface area contributed by atoms with Gasteiger partial charge < -0.3 is 20.2 Å². The molecule has 0 aliphatic carbocycles. The van der Waals surface area contributed by atoms with Crippen LogP contribution in [0.5, 0.6) is 0 Å². The first kappa shape index (κ1) is 26.7. The van der Waals surface area contributed by atoms with E-state index < -0.39 is 12.1 Å². The Hall–Kier alpha value is -3.86. The lowest BCUT2D eigenvalue weighted by Crippen LogP contribution is -2.48. The van der Waals surface area contributed by atoms with Crippen molar-refractivity contribution in [1.82, 2.24) is 9.88 Å². The van der Waals surface area contributed by atoms with Crippen molar-refractivity contribution in [2.45, 2.75) is 13.1 Å². The van der Waals surface area contributed by atoms with Crippen LogP contribution in [0.4, 0.5) is 24.5 Å². The van der Waals surface area contributed by atoms with Gasteiger partial charge in [-0.1, -0.05) is 11.6 Å². The van der Waals surface area contributed by atoms with Gasteiger partial charge >= 0.3 is 12.1 Å². The maximum absolute atomic E-state index is 12.8. The molecule has 0 radical (unpaired) electrons. The van der Waals surface area contributed by atoms with E-state index in [1.54, 1.807) is 30.5 Å². The number of piperazine rings is 1. The Morgan fingerprint density at radius 1 is 1.00 bits per heavy atom. The zero-order valence-corrected chi connectivity index (χ0v) is 19.8. The van der Waals surface area contributed by atoms with Gasteiger partial charge in [0.05, 0.1) is 5.52 Å². The van der Waals surface area contributed by atoms with Gasteiger partial charge in [-0.3, -0.25) is 14.6 Å². The van der Waals surface area contributed by atoms with Crippen LogP contribution in [0.3, 0.4) is 0 Å². The number of carbonyl (C=O) groups is 3. The third kappa shape index (κ3) is 6.85. The largest absolute Gasteiger partial charge is 0.490 e. The van der Waals surface area contributed by atoms with Crippen LogP contribution >= 0.6 is 11.6 Å². The maximum atomic E-state index is 12.8. The summed E-state index contributed by atoms with van der Waals surface area (Å²) in [5.41, 5.74) is 3.28. The average molecular weight is 523 g/mol. The van der Waals surface area contributed by atoms with Gasteiger partial charge in [0.1, 0.15) is 0 Å².